The van der Waals surface area contributed by atoms with Crippen LogP contribution in [0.2, 0.25) is 0 Å². The predicted octanol–water partition coefficient (Wildman–Crippen LogP) is -0.716. The van der Waals surface area contributed by atoms with Gasteiger partial charge in [-0.25, -0.2) is 13.6 Å². The maximum Gasteiger partial charge on any atom is 0.394 e. The second-order valence-corrected chi connectivity index (χ2v) is 4.16. The Morgan fingerprint density at radius 3 is 2.29 bits per heavy atom. The number of nitrogens with zero attached hydrogens (tertiary/aromatic N) is 3. The van der Waals surface area contributed by atoms with Gasteiger partial charge in [-0.15, -0.1) is 0 Å². The van der Waals surface area contributed by atoms with Crippen molar-refractivity contribution in [3.8, 4) is 0 Å². The van der Waals surface area contributed by atoms with Crippen LogP contribution in [0, 0.1) is 17.0 Å². The number of hydrogen-bond donors (Lipinski definition) is 1. The standard InChI is InChI=1S/C5H8N4O4S/c1-3-4(9(10)11)7-8(2)5(3)14(6,12)13/h1-2H3,(H2,6,12,13). The number of nitro groups is 1. The average Bonchev–Trinajstić information content (AvgIpc) is 2.24. The van der Waals surface area contributed by atoms with Crippen molar-refractivity contribution in [2.45, 2.75) is 11.9 Å². The Bertz CT molecular complexity index is 488. The zero-order chi connectivity index (χ0) is 11.1. The predicted molar refractivity (Wildman–Crippen MR) is 46.0 cm³/mol. The molecule has 0 bridgehead atoms. The van der Waals surface area contributed by atoms with Crippen molar-refractivity contribution in [1.29, 1.82) is 0 Å². The molecule has 0 unspecified atom stereocenters. The summed E-state index contributed by atoms with van der Waals surface area (Å²) in [6.45, 7) is 1.28. The van der Waals surface area contributed by atoms with Crippen LogP contribution in [-0.2, 0) is 17.1 Å². The lowest BCUT2D eigenvalue weighted by Gasteiger charge is -1.95. The average molecular weight is 220 g/mol. The van der Waals surface area contributed by atoms with E-state index in [0.717, 1.165) is 4.68 Å². The molecule has 0 saturated heterocycles. The van der Waals surface area contributed by atoms with Crippen LogP contribution < -0.4 is 5.14 Å². The third-order valence-electron chi connectivity index (χ3n) is 1.64. The quantitative estimate of drug-likeness (QED) is 0.520. The molecule has 8 nitrogen and oxygen atoms in total. The van der Waals surface area contributed by atoms with E-state index >= 15 is 0 Å². The number of hydrogen-bond acceptors (Lipinski definition) is 5. The molecule has 1 aromatic heterocycles. The van der Waals surface area contributed by atoms with Gasteiger partial charge in [0.1, 0.15) is 0 Å². The van der Waals surface area contributed by atoms with Crippen molar-refractivity contribution in [2.75, 3.05) is 0 Å². The lowest BCUT2D eigenvalue weighted by atomic mass is 10.4. The van der Waals surface area contributed by atoms with Crippen LogP contribution in [0.5, 0.6) is 0 Å². The highest BCUT2D eigenvalue weighted by molar-refractivity contribution is 7.89. The monoisotopic (exact) mass is 220 g/mol. The van der Waals surface area contributed by atoms with Gasteiger partial charge >= 0.3 is 5.82 Å². The van der Waals surface area contributed by atoms with Crippen molar-refractivity contribution in [3.63, 3.8) is 0 Å². The molecule has 0 fully saturated rings. The SMILES string of the molecule is Cc1c([N+](=O)[O-])nn(C)c1S(N)(=O)=O. The summed E-state index contributed by atoms with van der Waals surface area (Å²) in [5, 5.41) is 18.4. The smallest absolute Gasteiger partial charge is 0.358 e. The third-order valence-corrected chi connectivity index (χ3v) is 2.75. The maximum atomic E-state index is 11.0. The first-order valence-corrected chi connectivity index (χ1v) is 5.00. The Morgan fingerprint density at radius 1 is 1.57 bits per heavy atom. The van der Waals surface area contributed by atoms with E-state index in [1.807, 2.05) is 0 Å². The largest absolute Gasteiger partial charge is 0.394 e. The summed E-state index contributed by atoms with van der Waals surface area (Å²) in [5.74, 6) is -0.503. The Balaban J connectivity index is 3.56. The molecule has 0 aliphatic heterocycles. The molecule has 0 aromatic carbocycles. The van der Waals surface area contributed by atoms with Crippen LogP contribution in [0.1, 0.15) is 5.56 Å². The molecule has 0 spiro atoms. The van der Waals surface area contributed by atoms with E-state index in [-0.39, 0.29) is 10.6 Å². The molecule has 0 aliphatic rings. The van der Waals surface area contributed by atoms with Crippen molar-refractivity contribution in [2.24, 2.45) is 12.2 Å². The van der Waals surface area contributed by atoms with Gasteiger partial charge in [-0.3, -0.25) is 0 Å². The van der Waals surface area contributed by atoms with Crippen molar-refractivity contribution in [1.82, 2.24) is 9.78 Å². The number of nitrogens with two attached hydrogens (primary N) is 1. The highest BCUT2D eigenvalue weighted by Gasteiger charge is 2.28. The van der Waals surface area contributed by atoms with Gasteiger partial charge in [0.2, 0.25) is 0 Å². The summed E-state index contributed by atoms with van der Waals surface area (Å²) in [5.41, 5.74) is -0.0556. The molecule has 2 N–H and O–H groups in total. The lowest BCUT2D eigenvalue weighted by molar-refractivity contribution is -0.390. The van der Waals surface area contributed by atoms with Crippen LogP contribution in [0.4, 0.5) is 5.82 Å². The van der Waals surface area contributed by atoms with Crippen molar-refractivity contribution >= 4 is 15.8 Å². The van der Waals surface area contributed by atoms with Crippen LogP contribution in [0.15, 0.2) is 5.03 Å². The van der Waals surface area contributed by atoms with Gasteiger partial charge in [-0.2, -0.15) is 4.68 Å². The van der Waals surface area contributed by atoms with E-state index in [0.29, 0.717) is 0 Å². The summed E-state index contributed by atoms with van der Waals surface area (Å²) < 4.78 is 22.9. The summed E-state index contributed by atoms with van der Waals surface area (Å²) >= 11 is 0. The molecular weight excluding hydrogens is 212 g/mol. The topological polar surface area (TPSA) is 121 Å². The molecule has 0 radical (unpaired) electrons. The molecule has 9 heteroatoms. The minimum Gasteiger partial charge on any atom is -0.358 e. The third kappa shape index (κ3) is 1.59. The van der Waals surface area contributed by atoms with E-state index in [9.17, 15) is 18.5 Å². The minimum absolute atomic E-state index is 0.0556. The van der Waals surface area contributed by atoms with Gasteiger partial charge < -0.3 is 10.1 Å². The number of aromatic nitrogens is 2. The van der Waals surface area contributed by atoms with Gasteiger partial charge in [-0.05, 0) is 11.8 Å². The normalized spacial score (nSPS) is 11.6. The minimum atomic E-state index is -3.98. The fourth-order valence-electron chi connectivity index (χ4n) is 1.17. The van der Waals surface area contributed by atoms with Crippen LogP contribution in [0.3, 0.4) is 0 Å². The lowest BCUT2D eigenvalue weighted by Crippen LogP contribution is -2.17. The van der Waals surface area contributed by atoms with E-state index in [1.54, 1.807) is 0 Å². The fourth-order valence-corrected chi connectivity index (χ4v) is 2.10. The molecule has 0 saturated carbocycles. The number of aryl methyl sites for hydroxylation is 1. The molecule has 1 rings (SSSR count). The first kappa shape index (κ1) is 10.6. The summed E-state index contributed by atoms with van der Waals surface area (Å²) in [6.07, 6.45) is 0. The van der Waals surface area contributed by atoms with E-state index in [4.69, 9.17) is 5.14 Å². The first-order valence-electron chi connectivity index (χ1n) is 3.46. The van der Waals surface area contributed by atoms with E-state index in [1.165, 1.54) is 14.0 Å². The zero-order valence-electron chi connectivity index (χ0n) is 7.46. The van der Waals surface area contributed by atoms with Gasteiger partial charge in [0.15, 0.2) is 5.03 Å². The van der Waals surface area contributed by atoms with E-state index < -0.39 is 20.8 Å². The van der Waals surface area contributed by atoms with Gasteiger partial charge in [0, 0.05) is 0 Å². The Hall–Kier alpha value is -1.48. The Kier molecular flexibility index (Phi) is 2.29. The highest BCUT2D eigenvalue weighted by atomic mass is 32.2. The fraction of sp³-hybridized carbons (Fsp3) is 0.400. The van der Waals surface area contributed by atoms with E-state index in [2.05, 4.69) is 5.10 Å². The molecular formula is C5H8N4O4S. The molecule has 78 valence electrons. The molecule has 14 heavy (non-hydrogen) atoms. The number of sulfonamides is 1. The van der Waals surface area contributed by atoms with Crippen molar-refractivity contribution in [3.05, 3.63) is 15.7 Å². The molecule has 0 aliphatic carbocycles. The first-order chi connectivity index (χ1) is 6.25. The van der Waals surface area contributed by atoms with Gasteiger partial charge in [0.25, 0.3) is 10.0 Å². The Morgan fingerprint density at radius 2 is 2.07 bits per heavy atom. The number of rotatable bonds is 2. The highest BCUT2D eigenvalue weighted by Crippen LogP contribution is 2.22. The summed E-state index contributed by atoms with van der Waals surface area (Å²) in [7, 11) is -2.70. The second-order valence-electron chi connectivity index (χ2n) is 2.68. The molecule has 1 heterocycles. The van der Waals surface area contributed by atoms with Crippen LogP contribution in [-0.4, -0.2) is 23.1 Å². The summed E-state index contributed by atoms with van der Waals surface area (Å²) in [4.78, 5) is 9.65. The van der Waals surface area contributed by atoms with Gasteiger partial charge in [0.05, 0.1) is 17.7 Å². The summed E-state index contributed by atoms with van der Waals surface area (Å²) in [6, 6.07) is 0. The van der Waals surface area contributed by atoms with Crippen molar-refractivity contribution < 1.29 is 13.3 Å². The zero-order valence-corrected chi connectivity index (χ0v) is 8.28. The second kappa shape index (κ2) is 3.03. The van der Waals surface area contributed by atoms with Crippen LogP contribution >= 0.6 is 0 Å². The van der Waals surface area contributed by atoms with Crippen LogP contribution in [0.25, 0.3) is 0 Å². The number of primary sulfonamides is 1. The van der Waals surface area contributed by atoms with Gasteiger partial charge in [-0.1, -0.05) is 0 Å². The maximum absolute atomic E-state index is 11.0. The molecule has 1 aromatic rings. The molecule has 0 atom stereocenters. The molecule has 0 amide bonds. The Labute approximate surface area is 79.5 Å².